The molecule has 2 heterocycles. The van der Waals surface area contributed by atoms with Crippen LogP contribution in [0.4, 0.5) is 0 Å². The molecule has 11 N–H and O–H groups in total. The van der Waals surface area contributed by atoms with Crippen LogP contribution >= 0.6 is 0 Å². The van der Waals surface area contributed by atoms with E-state index in [0.29, 0.717) is 38.9 Å². The molecule has 3 rings (SSSR count). The van der Waals surface area contributed by atoms with Gasteiger partial charge in [0.2, 0.25) is 11.8 Å². The first-order valence-electron chi connectivity index (χ1n) is 17.8. The lowest BCUT2D eigenvalue weighted by atomic mass is 10.0. The van der Waals surface area contributed by atoms with Crippen LogP contribution in [0.25, 0.3) is 0 Å². The standard InChI is InChI=1S/C20H28N2O6.C15H27N5O5/c1-4-27-20(26)17-16(28-17)19(25)22-15(11-12(2)3)18(24)21-10-9-13-5-7-14(23)8-6-13;1-8(2)7-9(20-13(22)10-11(25-10)14(23)24)12(21)18-5-3-4-6-19-15(16)17/h5-8,12,15-17,23H,4,9-11H2,1-3H3,(H,21,24)(H,22,25);8-11H,3-7H2,1-2H3,(H,18,21)(H,20,22)(H,23,24)(H4,16,17,19)/p+1/t15-,16-,17-;9-,10+,11+/m00/s1. The van der Waals surface area contributed by atoms with Crippen molar-refractivity contribution in [3.63, 3.8) is 0 Å². The maximum atomic E-state index is 12.5. The Bertz CT molecular complexity index is 1420. The number of aliphatic carboxylic acids is 1. The predicted octanol–water partition coefficient (Wildman–Crippen LogP) is -2.47. The van der Waals surface area contributed by atoms with Crippen molar-refractivity contribution in [2.75, 3.05) is 26.2 Å². The van der Waals surface area contributed by atoms with Gasteiger partial charge in [-0.2, -0.15) is 0 Å². The second-order valence-corrected chi connectivity index (χ2v) is 13.5. The minimum Gasteiger partial charge on any atom is -0.508 e. The van der Waals surface area contributed by atoms with Gasteiger partial charge in [0, 0.05) is 13.1 Å². The molecule has 0 saturated carbocycles. The summed E-state index contributed by atoms with van der Waals surface area (Å²) in [5, 5.41) is 28.9. The highest BCUT2D eigenvalue weighted by molar-refractivity contribution is 5.96. The van der Waals surface area contributed by atoms with Crippen LogP contribution < -0.4 is 37.7 Å². The van der Waals surface area contributed by atoms with Gasteiger partial charge in [-0.15, -0.1) is 0 Å². The number of epoxide rings is 2. The van der Waals surface area contributed by atoms with E-state index >= 15 is 0 Å². The molecule has 2 fully saturated rings. The van der Waals surface area contributed by atoms with Gasteiger partial charge in [0.05, 0.1) is 13.2 Å². The Kier molecular flexibility index (Phi) is 18.5. The number of phenolic OH excluding ortho intramolecular Hbond substituents is 1. The number of aromatic hydroxyl groups is 1. The fourth-order valence-corrected chi connectivity index (χ4v) is 5.06. The van der Waals surface area contributed by atoms with E-state index in [1.54, 1.807) is 31.2 Å². The van der Waals surface area contributed by atoms with E-state index in [1.807, 2.05) is 27.7 Å². The molecule has 2 saturated heterocycles. The number of carbonyl (C=O) groups excluding carboxylic acids is 5. The molecule has 0 spiro atoms. The maximum Gasteiger partial charge on any atom is 0.338 e. The number of hydrogen-bond donors (Lipinski definition) is 9. The van der Waals surface area contributed by atoms with Crippen LogP contribution in [0, 0.1) is 11.8 Å². The Morgan fingerprint density at radius 3 is 1.77 bits per heavy atom. The monoisotopic (exact) mass is 750 g/mol. The van der Waals surface area contributed by atoms with E-state index in [0.717, 1.165) is 18.4 Å². The van der Waals surface area contributed by atoms with Gasteiger partial charge in [0.25, 0.3) is 11.8 Å². The van der Waals surface area contributed by atoms with Gasteiger partial charge >= 0.3 is 17.9 Å². The fraction of sp³-hybridized carbons (Fsp3) is 0.629. The molecule has 1 aromatic rings. The summed E-state index contributed by atoms with van der Waals surface area (Å²) in [5.74, 6) is -2.69. The number of carboxylic acids is 1. The lowest BCUT2D eigenvalue weighted by Crippen LogP contribution is -2.78. The smallest absolute Gasteiger partial charge is 0.338 e. The van der Waals surface area contributed by atoms with Crippen molar-refractivity contribution in [1.29, 1.82) is 0 Å². The molecule has 53 heavy (non-hydrogen) atoms. The Labute approximate surface area is 309 Å². The van der Waals surface area contributed by atoms with Gasteiger partial charge in [0.15, 0.2) is 24.4 Å². The van der Waals surface area contributed by atoms with Crippen LogP contribution in [0.3, 0.4) is 0 Å². The van der Waals surface area contributed by atoms with E-state index in [4.69, 9.17) is 30.8 Å². The zero-order valence-electron chi connectivity index (χ0n) is 31.0. The minimum absolute atomic E-state index is 0.158. The van der Waals surface area contributed by atoms with E-state index in [1.165, 1.54) is 0 Å². The third-order valence-corrected chi connectivity index (χ3v) is 7.82. The first-order valence-corrected chi connectivity index (χ1v) is 17.8. The van der Waals surface area contributed by atoms with Crippen molar-refractivity contribution in [3.8, 4) is 5.75 Å². The number of nitrogens with two attached hydrogens (primary N) is 2. The summed E-state index contributed by atoms with van der Waals surface area (Å²) in [6.07, 6.45) is -0.931. The van der Waals surface area contributed by atoms with Crippen LogP contribution in [0.15, 0.2) is 24.3 Å². The van der Waals surface area contributed by atoms with Gasteiger partial charge in [0.1, 0.15) is 17.8 Å². The molecule has 296 valence electrons. The number of carbonyl (C=O) groups is 6. The molecular weight excluding hydrogens is 694 g/mol. The summed E-state index contributed by atoms with van der Waals surface area (Å²) in [6, 6.07) is 5.32. The first-order chi connectivity index (χ1) is 25.0. The fourth-order valence-electron chi connectivity index (χ4n) is 5.06. The second-order valence-electron chi connectivity index (χ2n) is 13.5. The normalized spacial score (nSPS) is 19.4. The Balaban J connectivity index is 0.000000370. The molecule has 4 amide bonds. The third-order valence-electron chi connectivity index (χ3n) is 7.82. The first kappa shape index (κ1) is 44.2. The van der Waals surface area contributed by atoms with Crippen molar-refractivity contribution in [2.45, 2.75) is 103 Å². The number of esters is 1. The van der Waals surface area contributed by atoms with Crippen LogP contribution in [0.2, 0.25) is 0 Å². The quantitative estimate of drug-likeness (QED) is 0.0207. The Morgan fingerprint density at radius 1 is 0.792 bits per heavy atom. The second kappa shape index (κ2) is 22.2. The molecule has 1 aromatic carbocycles. The number of nitrogens with one attached hydrogen (secondary N) is 5. The molecule has 0 aliphatic carbocycles. The summed E-state index contributed by atoms with van der Waals surface area (Å²) in [4.78, 5) is 74.2. The van der Waals surface area contributed by atoms with Crippen molar-refractivity contribution in [2.24, 2.45) is 23.3 Å². The molecule has 2 aliphatic rings. The number of guanidine groups is 1. The third kappa shape index (κ3) is 16.9. The van der Waals surface area contributed by atoms with Gasteiger partial charge in [-0.05, 0) is 68.6 Å². The Morgan fingerprint density at radius 2 is 1.30 bits per heavy atom. The van der Waals surface area contributed by atoms with Crippen LogP contribution in [0.5, 0.6) is 5.75 Å². The van der Waals surface area contributed by atoms with Crippen molar-refractivity contribution < 1.29 is 58.2 Å². The zero-order chi connectivity index (χ0) is 39.7. The minimum atomic E-state index is -1.19. The highest BCUT2D eigenvalue weighted by Crippen LogP contribution is 2.24. The summed E-state index contributed by atoms with van der Waals surface area (Å²) in [5.41, 5.74) is 11.5. The van der Waals surface area contributed by atoms with Gasteiger partial charge in [-0.1, -0.05) is 39.8 Å². The van der Waals surface area contributed by atoms with Crippen molar-refractivity contribution in [3.05, 3.63) is 29.8 Å². The number of amides is 4. The summed E-state index contributed by atoms with van der Waals surface area (Å²) < 4.78 is 14.7. The molecule has 18 nitrogen and oxygen atoms in total. The lowest BCUT2D eigenvalue weighted by Gasteiger charge is -2.20. The molecule has 0 radical (unpaired) electrons. The zero-order valence-corrected chi connectivity index (χ0v) is 31.0. The summed E-state index contributed by atoms with van der Waals surface area (Å²) in [6.45, 7) is 11.1. The molecule has 0 aromatic heterocycles. The number of carboxylic acid groups (broad SMARTS) is 1. The van der Waals surface area contributed by atoms with E-state index in [9.17, 15) is 33.9 Å². The van der Waals surface area contributed by atoms with Crippen molar-refractivity contribution >= 4 is 41.5 Å². The van der Waals surface area contributed by atoms with Gasteiger partial charge in [-0.25, -0.2) is 9.59 Å². The number of unbranched alkanes of at least 4 members (excludes halogenated alkanes) is 1. The highest BCUT2D eigenvalue weighted by Gasteiger charge is 2.52. The molecule has 0 bridgehead atoms. The number of phenols is 1. The van der Waals surface area contributed by atoms with Gasteiger partial charge in [-0.3, -0.25) is 35.6 Å². The van der Waals surface area contributed by atoms with E-state index in [-0.39, 0.29) is 42.0 Å². The molecule has 6 atom stereocenters. The van der Waals surface area contributed by atoms with Crippen molar-refractivity contribution in [1.82, 2.24) is 21.3 Å². The number of benzene rings is 1. The molecule has 18 heteroatoms. The van der Waals surface area contributed by atoms with Crippen LogP contribution in [-0.4, -0.2) is 114 Å². The van der Waals surface area contributed by atoms with E-state index in [2.05, 4.69) is 26.3 Å². The van der Waals surface area contributed by atoms with E-state index < -0.39 is 60.3 Å². The largest absolute Gasteiger partial charge is 0.508 e. The molecule has 0 unspecified atom stereocenters. The summed E-state index contributed by atoms with van der Waals surface area (Å²) in [7, 11) is 0. The Hall–Kier alpha value is -4.97. The lowest BCUT2D eigenvalue weighted by molar-refractivity contribution is -0.459. The number of ether oxygens (including phenoxy) is 3. The van der Waals surface area contributed by atoms with Gasteiger partial charge < -0.3 is 45.7 Å². The molecule has 2 aliphatic heterocycles. The van der Waals surface area contributed by atoms with Crippen LogP contribution in [-0.2, 0) is 49.4 Å². The number of rotatable bonds is 21. The predicted molar refractivity (Wildman–Crippen MR) is 191 cm³/mol. The summed E-state index contributed by atoms with van der Waals surface area (Å²) >= 11 is 0. The van der Waals surface area contributed by atoms with Crippen LogP contribution in [0.1, 0.15) is 65.9 Å². The topological polar surface area (TPSA) is 291 Å². The SMILES string of the molecule is CC(C)C[C@H](NC(=O)[C@@H]1O[C@H]1C(=O)O)C(=O)NCCCC[NH+]=C(N)N.CCOC(=O)[C@H]1O[C@@H]1C(=O)N[C@@H](CC(C)C)C(=O)NCCc1ccc(O)cc1. The average molecular weight is 751 g/mol. The molecular formula is C35H56N7O11+. The highest BCUT2D eigenvalue weighted by atomic mass is 16.6. The maximum absolute atomic E-state index is 12.5. The number of hydrogen-bond acceptors (Lipinski definition) is 10. The average Bonchev–Trinajstić information content (AvgIpc) is 4.00.